The van der Waals surface area contributed by atoms with Crippen LogP contribution in [0.5, 0.6) is 0 Å². The van der Waals surface area contributed by atoms with Gasteiger partial charge in [-0.1, -0.05) is 18.2 Å². The second kappa shape index (κ2) is 7.66. The van der Waals surface area contributed by atoms with Crippen molar-refractivity contribution in [3.05, 3.63) is 64.6 Å². The summed E-state index contributed by atoms with van der Waals surface area (Å²) in [4.78, 5) is 18.0. The molecule has 26 heavy (non-hydrogen) atoms. The number of para-hydroxylation sites is 1. The van der Waals surface area contributed by atoms with Crippen molar-refractivity contribution >= 4 is 16.7 Å². The summed E-state index contributed by atoms with van der Waals surface area (Å²) in [6.07, 6.45) is 5.39. The molecule has 134 valence electrons. The van der Waals surface area contributed by atoms with E-state index in [1.54, 1.807) is 6.07 Å². The molecule has 6 nitrogen and oxygen atoms in total. The quantitative estimate of drug-likeness (QED) is 0.740. The van der Waals surface area contributed by atoms with Gasteiger partial charge in [-0.2, -0.15) is 5.10 Å². The topological polar surface area (TPSA) is 73.9 Å². The number of piperidine rings is 1. The average Bonchev–Trinajstić information content (AvgIpc) is 2.69. The van der Waals surface area contributed by atoms with Crippen molar-refractivity contribution in [2.75, 3.05) is 18.0 Å². The molecule has 1 saturated heterocycles. The number of nitrogens with zero attached hydrogens (tertiary/aromatic N) is 3. The normalized spacial score (nSPS) is 17.5. The third kappa shape index (κ3) is 3.60. The van der Waals surface area contributed by atoms with Gasteiger partial charge in [0.2, 0.25) is 0 Å². The maximum absolute atomic E-state index is 11.3. The molecule has 1 aromatic carbocycles. The number of aromatic amines is 1. The molecule has 3 heterocycles. The van der Waals surface area contributed by atoms with Gasteiger partial charge in [0, 0.05) is 43.3 Å². The molecule has 4 rings (SSSR count). The maximum atomic E-state index is 11.3. The Hall–Kier alpha value is -2.73. The van der Waals surface area contributed by atoms with Crippen molar-refractivity contribution < 1.29 is 0 Å². The first-order valence-electron chi connectivity index (χ1n) is 9.17. The summed E-state index contributed by atoms with van der Waals surface area (Å²) < 4.78 is 0. The highest BCUT2D eigenvalue weighted by Gasteiger charge is 2.23. The van der Waals surface area contributed by atoms with Gasteiger partial charge in [0.1, 0.15) is 5.82 Å². The molecule has 0 aliphatic carbocycles. The lowest BCUT2D eigenvalue weighted by Gasteiger charge is -2.36. The Morgan fingerprint density at radius 3 is 2.96 bits per heavy atom. The Kier molecular flexibility index (Phi) is 4.93. The highest BCUT2D eigenvalue weighted by Crippen LogP contribution is 2.22. The zero-order valence-corrected chi connectivity index (χ0v) is 14.7. The number of rotatable bonds is 5. The first-order chi connectivity index (χ1) is 12.8. The van der Waals surface area contributed by atoms with Crippen LogP contribution in [0.25, 0.3) is 10.9 Å². The highest BCUT2D eigenvalue weighted by molar-refractivity contribution is 5.81. The number of aromatic nitrogens is 3. The number of H-pyrrole nitrogens is 1. The molecule has 0 spiro atoms. The van der Waals surface area contributed by atoms with Crippen LogP contribution in [0.1, 0.15) is 24.8 Å². The standard InChI is InChI=1S/C20H23N5O/c26-20-9-8-19(23-24-20)25-12-4-3-5-16(25)14-21-13-15-10-11-22-18-7-2-1-6-17(15)18/h1-2,6-11,16,21H,3-5,12-14H2,(H,24,26). The molecule has 2 N–H and O–H groups in total. The number of nitrogens with one attached hydrogen (secondary N) is 2. The van der Waals surface area contributed by atoms with Crippen LogP contribution in [0.2, 0.25) is 0 Å². The molecule has 1 fully saturated rings. The third-order valence-electron chi connectivity index (χ3n) is 5.02. The molecule has 2 aromatic heterocycles. The smallest absolute Gasteiger partial charge is 0.264 e. The Balaban J connectivity index is 1.44. The van der Waals surface area contributed by atoms with E-state index in [4.69, 9.17) is 0 Å². The maximum Gasteiger partial charge on any atom is 0.264 e. The van der Waals surface area contributed by atoms with E-state index < -0.39 is 0 Å². The Morgan fingerprint density at radius 1 is 1.15 bits per heavy atom. The second-order valence-corrected chi connectivity index (χ2v) is 6.74. The van der Waals surface area contributed by atoms with E-state index in [0.29, 0.717) is 6.04 Å². The van der Waals surface area contributed by atoms with Crippen LogP contribution >= 0.6 is 0 Å². The Labute approximate surface area is 152 Å². The van der Waals surface area contributed by atoms with Crippen molar-refractivity contribution in [1.29, 1.82) is 0 Å². The van der Waals surface area contributed by atoms with Gasteiger partial charge in [-0.3, -0.25) is 9.78 Å². The lowest BCUT2D eigenvalue weighted by atomic mass is 10.0. The largest absolute Gasteiger partial charge is 0.351 e. The summed E-state index contributed by atoms with van der Waals surface area (Å²) in [6.45, 7) is 2.67. The van der Waals surface area contributed by atoms with Crippen LogP contribution in [-0.2, 0) is 6.54 Å². The summed E-state index contributed by atoms with van der Waals surface area (Å²) in [5.41, 5.74) is 2.13. The number of hydrogen-bond donors (Lipinski definition) is 2. The van der Waals surface area contributed by atoms with E-state index in [9.17, 15) is 4.79 Å². The van der Waals surface area contributed by atoms with E-state index in [1.807, 2.05) is 24.4 Å². The predicted molar refractivity (Wildman–Crippen MR) is 103 cm³/mol. The minimum atomic E-state index is -0.162. The molecule has 1 aliphatic heterocycles. The lowest BCUT2D eigenvalue weighted by Crippen LogP contribution is -2.46. The Bertz CT molecular complexity index is 913. The minimum Gasteiger partial charge on any atom is -0.351 e. The van der Waals surface area contributed by atoms with E-state index in [-0.39, 0.29) is 5.56 Å². The van der Waals surface area contributed by atoms with Crippen molar-refractivity contribution in [2.45, 2.75) is 31.8 Å². The minimum absolute atomic E-state index is 0.162. The molecule has 0 radical (unpaired) electrons. The van der Waals surface area contributed by atoms with Crippen molar-refractivity contribution in [1.82, 2.24) is 20.5 Å². The molecule has 1 unspecified atom stereocenters. The fourth-order valence-electron chi connectivity index (χ4n) is 3.69. The third-order valence-corrected chi connectivity index (χ3v) is 5.02. The summed E-state index contributed by atoms with van der Waals surface area (Å²) in [5.74, 6) is 0.852. The van der Waals surface area contributed by atoms with Crippen LogP contribution in [-0.4, -0.2) is 34.3 Å². The zero-order chi connectivity index (χ0) is 17.8. The van der Waals surface area contributed by atoms with E-state index in [0.717, 1.165) is 43.8 Å². The molecule has 6 heteroatoms. The van der Waals surface area contributed by atoms with Crippen LogP contribution in [0.4, 0.5) is 5.82 Å². The van der Waals surface area contributed by atoms with Crippen LogP contribution in [0.3, 0.4) is 0 Å². The SMILES string of the molecule is O=c1ccc(N2CCCCC2CNCc2ccnc3ccccc23)n[nH]1. The van der Waals surface area contributed by atoms with Crippen LogP contribution in [0.15, 0.2) is 53.5 Å². The van der Waals surface area contributed by atoms with Gasteiger partial charge in [0.15, 0.2) is 0 Å². The number of anilines is 1. The van der Waals surface area contributed by atoms with Crippen molar-refractivity contribution in [2.24, 2.45) is 0 Å². The van der Waals surface area contributed by atoms with Gasteiger partial charge in [-0.05, 0) is 43.0 Å². The van der Waals surface area contributed by atoms with E-state index >= 15 is 0 Å². The summed E-state index contributed by atoms with van der Waals surface area (Å²) in [6, 6.07) is 14.1. The highest BCUT2D eigenvalue weighted by atomic mass is 16.1. The fourth-order valence-corrected chi connectivity index (χ4v) is 3.69. The predicted octanol–water partition coefficient (Wildman–Crippen LogP) is 2.47. The van der Waals surface area contributed by atoms with Gasteiger partial charge in [0.05, 0.1) is 5.52 Å². The molecule has 0 bridgehead atoms. The molecule has 3 aromatic rings. The number of benzene rings is 1. The summed E-state index contributed by atoms with van der Waals surface area (Å²) >= 11 is 0. The van der Waals surface area contributed by atoms with Crippen LogP contribution in [0, 0.1) is 0 Å². The van der Waals surface area contributed by atoms with Crippen molar-refractivity contribution in [3.8, 4) is 0 Å². The lowest BCUT2D eigenvalue weighted by molar-refractivity contribution is 0.431. The molecule has 0 amide bonds. The zero-order valence-electron chi connectivity index (χ0n) is 14.7. The second-order valence-electron chi connectivity index (χ2n) is 6.74. The first-order valence-corrected chi connectivity index (χ1v) is 9.17. The number of fused-ring (bicyclic) bond motifs is 1. The summed E-state index contributed by atoms with van der Waals surface area (Å²) in [5, 5.41) is 11.6. The van der Waals surface area contributed by atoms with E-state index in [1.165, 1.54) is 17.4 Å². The molecular formula is C20H23N5O. The Morgan fingerprint density at radius 2 is 2.08 bits per heavy atom. The monoisotopic (exact) mass is 349 g/mol. The average molecular weight is 349 g/mol. The van der Waals surface area contributed by atoms with Gasteiger partial charge in [-0.15, -0.1) is 0 Å². The van der Waals surface area contributed by atoms with Gasteiger partial charge in [-0.25, -0.2) is 5.10 Å². The molecule has 1 atom stereocenters. The number of pyridine rings is 1. The fraction of sp³-hybridized carbons (Fsp3) is 0.350. The van der Waals surface area contributed by atoms with E-state index in [2.05, 4.69) is 43.6 Å². The van der Waals surface area contributed by atoms with Crippen molar-refractivity contribution in [3.63, 3.8) is 0 Å². The van der Waals surface area contributed by atoms with Gasteiger partial charge in [0.25, 0.3) is 5.56 Å². The van der Waals surface area contributed by atoms with Gasteiger partial charge < -0.3 is 10.2 Å². The number of hydrogen-bond acceptors (Lipinski definition) is 5. The molecular weight excluding hydrogens is 326 g/mol. The van der Waals surface area contributed by atoms with Crippen LogP contribution < -0.4 is 15.8 Å². The van der Waals surface area contributed by atoms with Gasteiger partial charge >= 0.3 is 0 Å². The molecule has 1 aliphatic rings. The summed E-state index contributed by atoms with van der Waals surface area (Å²) in [7, 11) is 0. The molecule has 0 saturated carbocycles. The first kappa shape index (κ1) is 16.7.